The van der Waals surface area contributed by atoms with Crippen LogP contribution in [0.2, 0.25) is 5.02 Å². The van der Waals surface area contributed by atoms with Gasteiger partial charge >= 0.3 is 0 Å². The molecule has 1 unspecified atom stereocenters. The predicted molar refractivity (Wildman–Crippen MR) is 93.2 cm³/mol. The van der Waals surface area contributed by atoms with E-state index in [1.165, 1.54) is 24.1 Å². The summed E-state index contributed by atoms with van der Waals surface area (Å²) in [5.41, 5.74) is 8.69. The van der Waals surface area contributed by atoms with Crippen molar-refractivity contribution in [3.63, 3.8) is 0 Å². The molecule has 1 fully saturated rings. The molecule has 1 heterocycles. The molecule has 0 bridgehead atoms. The summed E-state index contributed by atoms with van der Waals surface area (Å²) >= 11 is 6.45. The molecule has 2 nitrogen and oxygen atoms in total. The van der Waals surface area contributed by atoms with E-state index in [0.29, 0.717) is 0 Å². The van der Waals surface area contributed by atoms with Gasteiger partial charge in [-0.2, -0.15) is 0 Å². The van der Waals surface area contributed by atoms with Gasteiger partial charge < -0.3 is 10.6 Å². The number of anilines is 1. The maximum atomic E-state index is 6.45. The Kier molecular flexibility index (Phi) is 5.95. The molecule has 2 rings (SSSR count). The van der Waals surface area contributed by atoms with E-state index in [2.05, 4.69) is 37.8 Å². The number of nitrogens with zero attached hydrogens (tertiary/aromatic N) is 1. The van der Waals surface area contributed by atoms with Crippen molar-refractivity contribution in [3.8, 4) is 0 Å². The second-order valence-corrected chi connectivity index (χ2v) is 7.09. The predicted octanol–water partition coefficient (Wildman–Crippen LogP) is 4.49. The first-order valence-electron chi connectivity index (χ1n) is 8.30. The van der Waals surface area contributed by atoms with Gasteiger partial charge in [-0.15, -0.1) is 0 Å². The lowest BCUT2D eigenvalue weighted by molar-refractivity contribution is 0.311. The minimum atomic E-state index is 0.192. The van der Waals surface area contributed by atoms with Gasteiger partial charge in [0.15, 0.2) is 0 Å². The minimum absolute atomic E-state index is 0.192. The Morgan fingerprint density at radius 2 is 1.95 bits per heavy atom. The highest BCUT2D eigenvalue weighted by Gasteiger charge is 2.23. The Balaban J connectivity index is 2.15. The van der Waals surface area contributed by atoms with Gasteiger partial charge in [-0.25, -0.2) is 0 Å². The van der Waals surface area contributed by atoms with Crippen LogP contribution < -0.4 is 10.6 Å². The third kappa shape index (κ3) is 4.14. The van der Waals surface area contributed by atoms with Gasteiger partial charge in [0.25, 0.3) is 0 Å². The summed E-state index contributed by atoms with van der Waals surface area (Å²) in [5, 5.41) is 0.863. The van der Waals surface area contributed by atoms with Crippen molar-refractivity contribution >= 4 is 17.3 Å². The topological polar surface area (TPSA) is 29.3 Å². The number of nitrogens with two attached hydrogens (primary N) is 1. The van der Waals surface area contributed by atoms with Crippen LogP contribution in [0.3, 0.4) is 0 Å². The fourth-order valence-corrected chi connectivity index (χ4v) is 3.51. The molecule has 0 aromatic heterocycles. The fourth-order valence-electron chi connectivity index (χ4n) is 3.26. The van der Waals surface area contributed by atoms with Gasteiger partial charge in [0.1, 0.15) is 0 Å². The molecule has 1 aliphatic heterocycles. The van der Waals surface area contributed by atoms with E-state index in [0.717, 1.165) is 42.8 Å². The quantitative estimate of drug-likeness (QED) is 0.868. The molecule has 1 aliphatic rings. The molecule has 0 aliphatic carbocycles. The number of rotatable bonds is 5. The van der Waals surface area contributed by atoms with E-state index >= 15 is 0 Å². The molecule has 0 spiro atoms. The molecule has 0 saturated carbocycles. The van der Waals surface area contributed by atoms with Gasteiger partial charge in [0.2, 0.25) is 0 Å². The average molecular weight is 309 g/mol. The highest BCUT2D eigenvalue weighted by atomic mass is 35.5. The van der Waals surface area contributed by atoms with Crippen molar-refractivity contribution in [2.45, 2.75) is 52.5 Å². The Morgan fingerprint density at radius 1 is 1.29 bits per heavy atom. The molecule has 2 N–H and O–H groups in total. The fraction of sp³-hybridized carbons (Fsp3) is 0.667. The number of halogens is 1. The first-order chi connectivity index (χ1) is 10.0. The Hall–Kier alpha value is -0.730. The van der Waals surface area contributed by atoms with Crippen LogP contribution in [-0.4, -0.2) is 19.1 Å². The van der Waals surface area contributed by atoms with Gasteiger partial charge in [-0.1, -0.05) is 38.4 Å². The van der Waals surface area contributed by atoms with Crippen molar-refractivity contribution in [2.24, 2.45) is 17.6 Å². The molecule has 118 valence electrons. The number of hydrogen-bond acceptors (Lipinski definition) is 2. The van der Waals surface area contributed by atoms with Gasteiger partial charge in [-0.3, -0.25) is 0 Å². The molecule has 1 saturated heterocycles. The third-order valence-electron chi connectivity index (χ3n) is 4.91. The average Bonchev–Trinajstić information content (AvgIpc) is 2.49. The van der Waals surface area contributed by atoms with Crippen molar-refractivity contribution in [1.29, 1.82) is 0 Å². The Bertz CT molecular complexity index is 451. The first kappa shape index (κ1) is 16.6. The number of hydrogen-bond donors (Lipinski definition) is 1. The van der Waals surface area contributed by atoms with E-state index in [-0.39, 0.29) is 6.04 Å². The maximum Gasteiger partial charge on any atom is 0.0459 e. The lowest BCUT2D eigenvalue weighted by Gasteiger charge is -2.36. The van der Waals surface area contributed by atoms with Crippen LogP contribution in [-0.2, 0) is 6.42 Å². The zero-order chi connectivity index (χ0) is 15.4. The van der Waals surface area contributed by atoms with E-state index in [1.54, 1.807) is 0 Å². The van der Waals surface area contributed by atoms with Crippen molar-refractivity contribution < 1.29 is 0 Å². The molecule has 0 amide bonds. The summed E-state index contributed by atoms with van der Waals surface area (Å²) in [6, 6.07) is 6.45. The monoisotopic (exact) mass is 308 g/mol. The summed E-state index contributed by atoms with van der Waals surface area (Å²) < 4.78 is 0. The van der Waals surface area contributed by atoms with Crippen molar-refractivity contribution in [1.82, 2.24) is 0 Å². The van der Waals surface area contributed by atoms with Crippen LogP contribution in [0.5, 0.6) is 0 Å². The molecule has 1 atom stereocenters. The molecule has 0 radical (unpaired) electrons. The first-order valence-corrected chi connectivity index (χ1v) is 8.68. The van der Waals surface area contributed by atoms with E-state index < -0.39 is 0 Å². The van der Waals surface area contributed by atoms with Crippen molar-refractivity contribution in [2.75, 3.05) is 18.0 Å². The lowest BCUT2D eigenvalue weighted by atomic mass is 9.86. The minimum Gasteiger partial charge on any atom is -0.371 e. The van der Waals surface area contributed by atoms with Crippen LogP contribution in [0.4, 0.5) is 5.69 Å². The standard InChI is InChI=1S/C18H29ClN2/c1-4-15(20)12-16-17(19)6-5-7-18(16)21-10-8-14(9-11-21)13(2)3/h5-7,13-15H,4,8-12,20H2,1-3H3. The van der Waals surface area contributed by atoms with Crippen LogP contribution in [0.1, 0.15) is 45.6 Å². The SMILES string of the molecule is CCC(N)Cc1c(Cl)cccc1N1CCC(C(C)C)CC1. The van der Waals surface area contributed by atoms with E-state index in [1.807, 2.05) is 6.07 Å². The highest BCUT2D eigenvalue weighted by Crippen LogP contribution is 2.33. The summed E-state index contributed by atoms with van der Waals surface area (Å²) in [7, 11) is 0. The summed E-state index contributed by atoms with van der Waals surface area (Å²) in [6.45, 7) is 9.08. The maximum absolute atomic E-state index is 6.45. The highest BCUT2D eigenvalue weighted by molar-refractivity contribution is 6.31. The number of benzene rings is 1. The second-order valence-electron chi connectivity index (χ2n) is 6.68. The van der Waals surface area contributed by atoms with Crippen LogP contribution in [0, 0.1) is 11.8 Å². The van der Waals surface area contributed by atoms with Crippen LogP contribution >= 0.6 is 11.6 Å². The normalized spacial score (nSPS) is 18.3. The zero-order valence-corrected chi connectivity index (χ0v) is 14.4. The second kappa shape index (κ2) is 7.51. The number of piperidine rings is 1. The molecular weight excluding hydrogens is 280 g/mol. The Labute approximate surface area is 134 Å². The molecular formula is C18H29ClN2. The smallest absolute Gasteiger partial charge is 0.0459 e. The van der Waals surface area contributed by atoms with Crippen LogP contribution in [0.25, 0.3) is 0 Å². The summed E-state index contributed by atoms with van der Waals surface area (Å²) in [5.74, 6) is 1.65. The summed E-state index contributed by atoms with van der Waals surface area (Å²) in [4.78, 5) is 2.50. The van der Waals surface area contributed by atoms with Crippen molar-refractivity contribution in [3.05, 3.63) is 28.8 Å². The van der Waals surface area contributed by atoms with E-state index in [9.17, 15) is 0 Å². The van der Waals surface area contributed by atoms with E-state index in [4.69, 9.17) is 17.3 Å². The third-order valence-corrected chi connectivity index (χ3v) is 5.26. The van der Waals surface area contributed by atoms with Gasteiger partial charge in [0.05, 0.1) is 0 Å². The Morgan fingerprint density at radius 3 is 2.52 bits per heavy atom. The molecule has 21 heavy (non-hydrogen) atoms. The van der Waals surface area contributed by atoms with Gasteiger partial charge in [0, 0.05) is 29.8 Å². The lowest BCUT2D eigenvalue weighted by Crippen LogP contribution is -2.36. The van der Waals surface area contributed by atoms with Gasteiger partial charge in [-0.05, 0) is 55.2 Å². The largest absolute Gasteiger partial charge is 0.371 e. The summed E-state index contributed by atoms with van der Waals surface area (Å²) in [6.07, 6.45) is 4.42. The van der Waals surface area contributed by atoms with Crippen LogP contribution in [0.15, 0.2) is 18.2 Å². The molecule has 1 aromatic rings. The molecule has 1 aromatic carbocycles. The zero-order valence-electron chi connectivity index (χ0n) is 13.6. The molecule has 3 heteroatoms.